The zero-order chi connectivity index (χ0) is 33.5. The van der Waals surface area contributed by atoms with Gasteiger partial charge in [-0.3, -0.25) is 0 Å². The van der Waals surface area contributed by atoms with E-state index in [4.69, 9.17) is 0 Å². The van der Waals surface area contributed by atoms with Gasteiger partial charge in [-0.25, -0.2) is 0 Å². The van der Waals surface area contributed by atoms with Gasteiger partial charge in [0.2, 0.25) is 0 Å². The van der Waals surface area contributed by atoms with Crippen LogP contribution in [0, 0.1) is 14.9 Å². The number of hydrogen-bond donors (Lipinski definition) is 0. The SMILES string of the molecule is CC(C)[Si](c1c(-c2ccc(-c3ccccc3)cc2)[cH-]c2ccccc12)(c1c(-c2ccc(-c3ccccc3)cc2)[cH-]c2ccccc12)C(C)C.[CH3-].[CH3-].[Hf+4]. The van der Waals surface area contributed by atoms with Crippen LogP contribution in [0.2, 0.25) is 11.1 Å². The Morgan fingerprint density at radius 3 is 1.00 bits per heavy atom. The fraction of sp³-hybridized carbons (Fsp3) is 0.120. The summed E-state index contributed by atoms with van der Waals surface area (Å²) in [7, 11) is -2.54. The minimum absolute atomic E-state index is 0. The van der Waals surface area contributed by atoms with Crippen LogP contribution in [0.25, 0.3) is 66.1 Å². The maximum atomic E-state index is 2.50. The van der Waals surface area contributed by atoms with E-state index >= 15 is 0 Å². The molecule has 0 saturated heterocycles. The molecule has 0 radical (unpaired) electrons. The van der Waals surface area contributed by atoms with Gasteiger partial charge in [0.15, 0.2) is 0 Å². The van der Waals surface area contributed by atoms with Crippen molar-refractivity contribution in [3.63, 3.8) is 0 Å². The van der Waals surface area contributed by atoms with Crippen molar-refractivity contribution in [3.05, 3.63) is 185 Å². The molecular formula is C50H48HfSi. The average Bonchev–Trinajstić information content (AvgIpc) is 3.73. The van der Waals surface area contributed by atoms with Gasteiger partial charge in [0.1, 0.15) is 0 Å². The summed E-state index contributed by atoms with van der Waals surface area (Å²) >= 11 is 0. The molecule has 0 amide bonds. The van der Waals surface area contributed by atoms with Crippen molar-refractivity contribution in [3.8, 4) is 44.5 Å². The summed E-state index contributed by atoms with van der Waals surface area (Å²) in [6, 6.07) is 63.3. The van der Waals surface area contributed by atoms with Crippen molar-refractivity contribution in [1.29, 1.82) is 0 Å². The van der Waals surface area contributed by atoms with E-state index in [0.717, 1.165) is 0 Å². The second-order valence-electron chi connectivity index (χ2n) is 14.1. The van der Waals surface area contributed by atoms with Crippen LogP contribution in [0.1, 0.15) is 27.7 Å². The summed E-state index contributed by atoms with van der Waals surface area (Å²) < 4.78 is 0. The van der Waals surface area contributed by atoms with Gasteiger partial charge in [-0.2, -0.15) is 0 Å². The van der Waals surface area contributed by atoms with Gasteiger partial charge >= 0.3 is 25.8 Å². The maximum absolute atomic E-state index is 2.54. The van der Waals surface area contributed by atoms with E-state index in [1.165, 1.54) is 66.1 Å². The third kappa shape index (κ3) is 6.57. The molecule has 0 aliphatic heterocycles. The van der Waals surface area contributed by atoms with E-state index < -0.39 is 8.07 Å². The van der Waals surface area contributed by atoms with Crippen molar-refractivity contribution in [2.75, 3.05) is 0 Å². The van der Waals surface area contributed by atoms with Crippen molar-refractivity contribution in [2.24, 2.45) is 0 Å². The predicted molar refractivity (Wildman–Crippen MR) is 229 cm³/mol. The van der Waals surface area contributed by atoms with Crippen LogP contribution in [0.3, 0.4) is 0 Å². The fourth-order valence-electron chi connectivity index (χ4n) is 8.69. The second-order valence-corrected chi connectivity index (χ2v) is 19.2. The van der Waals surface area contributed by atoms with Gasteiger partial charge < -0.3 is 14.9 Å². The van der Waals surface area contributed by atoms with Crippen LogP contribution in [0.4, 0.5) is 0 Å². The Bertz CT molecular complexity index is 2190. The van der Waals surface area contributed by atoms with Gasteiger partial charge in [0.25, 0.3) is 0 Å². The second kappa shape index (κ2) is 16.1. The Labute approximate surface area is 331 Å². The minimum atomic E-state index is -2.54. The van der Waals surface area contributed by atoms with Crippen molar-refractivity contribution in [2.45, 2.75) is 38.8 Å². The molecule has 0 atom stereocenters. The molecule has 2 heteroatoms. The van der Waals surface area contributed by atoms with E-state index in [-0.39, 0.29) is 40.7 Å². The van der Waals surface area contributed by atoms with Crippen LogP contribution >= 0.6 is 0 Å². The van der Waals surface area contributed by atoms with Crippen LogP contribution in [0.5, 0.6) is 0 Å². The first kappa shape index (κ1) is 38.8. The minimum Gasteiger partial charge on any atom is -0.358 e. The molecule has 8 aromatic carbocycles. The fourth-order valence-corrected chi connectivity index (χ4v) is 15.2. The molecule has 0 fully saturated rings. The quantitative estimate of drug-likeness (QED) is 0.106. The first-order chi connectivity index (χ1) is 24.0. The molecule has 0 aliphatic carbocycles. The zero-order valence-corrected chi connectivity index (χ0v) is 35.9. The Morgan fingerprint density at radius 2 is 0.654 bits per heavy atom. The van der Waals surface area contributed by atoms with Crippen LogP contribution in [-0.2, 0) is 25.8 Å². The molecule has 0 nitrogen and oxygen atoms in total. The molecule has 256 valence electrons. The van der Waals surface area contributed by atoms with E-state index in [0.29, 0.717) is 11.1 Å². The van der Waals surface area contributed by atoms with Gasteiger partial charge in [0.05, 0.1) is 0 Å². The summed E-state index contributed by atoms with van der Waals surface area (Å²) in [6.07, 6.45) is 0. The normalized spacial score (nSPS) is 11.3. The third-order valence-corrected chi connectivity index (χ3v) is 17.2. The van der Waals surface area contributed by atoms with Gasteiger partial charge in [-0.1, -0.05) is 195 Å². The standard InChI is InChI=1S/C48H42Si.2CH3.Hf/c1-33(2)49(34(3)4,47-43-21-13-11-19-41(43)31-45(47)39-27-23-37(24-28-39)35-15-7-5-8-16-35)48-44-22-14-12-20-42(44)32-46(48)40-29-25-38(26-30-40)36-17-9-6-10-18-36;;;/h5-34H,1-4H3;2*1H3;/q-2;2*-1;+4. The van der Waals surface area contributed by atoms with Crippen molar-refractivity contribution < 1.29 is 25.8 Å². The third-order valence-electron chi connectivity index (χ3n) is 10.9. The largest absolute Gasteiger partial charge is 4.00 e. The Morgan fingerprint density at radius 1 is 0.365 bits per heavy atom. The monoisotopic (exact) mass is 856 g/mol. The van der Waals surface area contributed by atoms with Crippen LogP contribution < -0.4 is 10.4 Å². The Kier molecular flexibility index (Phi) is 12.0. The molecule has 0 aromatic heterocycles. The Balaban J connectivity index is 0.00000174. The molecule has 0 aliphatic rings. The molecule has 0 unspecified atom stereocenters. The summed E-state index contributed by atoms with van der Waals surface area (Å²) in [6.45, 7) is 10.0. The Hall–Kier alpha value is -4.37. The van der Waals surface area contributed by atoms with E-state index in [1.54, 1.807) is 10.4 Å². The molecule has 0 bridgehead atoms. The first-order valence-corrected chi connectivity index (χ1v) is 19.8. The number of rotatable bonds is 8. The summed E-state index contributed by atoms with van der Waals surface area (Å²) in [5, 5.41) is 8.66. The first-order valence-electron chi connectivity index (χ1n) is 17.7. The molecule has 0 N–H and O–H groups in total. The molecular weight excluding hydrogens is 807 g/mol. The number of hydrogen-bond acceptors (Lipinski definition) is 0. The molecule has 52 heavy (non-hydrogen) atoms. The van der Waals surface area contributed by atoms with E-state index in [9.17, 15) is 0 Å². The molecule has 0 heterocycles. The van der Waals surface area contributed by atoms with Gasteiger partial charge in [-0.05, 0) is 22.3 Å². The zero-order valence-electron chi connectivity index (χ0n) is 31.3. The van der Waals surface area contributed by atoms with Crippen molar-refractivity contribution in [1.82, 2.24) is 0 Å². The number of fused-ring (bicyclic) bond motifs is 2. The number of benzene rings is 6. The molecule has 8 aromatic rings. The van der Waals surface area contributed by atoms with E-state index in [2.05, 4.69) is 198 Å². The summed E-state index contributed by atoms with van der Waals surface area (Å²) in [4.78, 5) is 0. The van der Waals surface area contributed by atoms with Gasteiger partial charge in [0, 0.05) is 8.07 Å². The molecule has 0 spiro atoms. The molecule has 0 saturated carbocycles. The van der Waals surface area contributed by atoms with Crippen LogP contribution in [-0.4, -0.2) is 8.07 Å². The summed E-state index contributed by atoms with van der Waals surface area (Å²) in [5.74, 6) is 0. The molecule has 8 rings (SSSR count). The van der Waals surface area contributed by atoms with Crippen LogP contribution in [0.15, 0.2) is 170 Å². The average molecular weight is 856 g/mol. The van der Waals surface area contributed by atoms with E-state index in [1.807, 2.05) is 0 Å². The smallest absolute Gasteiger partial charge is 0.358 e. The topological polar surface area (TPSA) is 0 Å². The maximum Gasteiger partial charge on any atom is 4.00 e. The van der Waals surface area contributed by atoms with Crippen molar-refractivity contribution >= 4 is 40.0 Å². The van der Waals surface area contributed by atoms with Gasteiger partial charge in [-0.15, -0.1) is 67.3 Å². The summed E-state index contributed by atoms with van der Waals surface area (Å²) in [5.41, 5.74) is 11.3. The predicted octanol–water partition coefficient (Wildman–Crippen LogP) is 13.4.